The molecule has 1 aromatic carbocycles. The molecule has 0 heterocycles. The quantitative estimate of drug-likeness (QED) is 0.0692. The molecule has 12 N–H and O–H groups in total. The van der Waals surface area contributed by atoms with Gasteiger partial charge in [0.25, 0.3) is 0 Å². The number of aliphatic carboxylic acids is 2. The monoisotopic (exact) mass is 623 g/mol. The van der Waals surface area contributed by atoms with E-state index >= 15 is 0 Å². The molecule has 1 aromatic rings. The maximum atomic E-state index is 12.9. The largest absolute Gasteiger partial charge is 0.508 e. The highest BCUT2D eigenvalue weighted by atomic mass is 16.4. The Balaban J connectivity index is 2.87. The van der Waals surface area contributed by atoms with Crippen molar-refractivity contribution in [2.75, 3.05) is 13.1 Å². The minimum atomic E-state index is -1.59. The molecule has 244 valence electrons. The van der Waals surface area contributed by atoms with E-state index in [-0.39, 0.29) is 18.6 Å². The molecule has 0 unspecified atom stereocenters. The molecule has 44 heavy (non-hydrogen) atoms. The number of aromatic hydroxyl groups is 1. The van der Waals surface area contributed by atoms with Crippen LogP contribution < -0.4 is 38.1 Å². The number of carboxylic acid groups (broad SMARTS) is 2. The summed E-state index contributed by atoms with van der Waals surface area (Å²) >= 11 is 0. The number of unbranched alkanes of at least 4 members (excludes halogenated alkanes) is 1. The first-order valence-corrected chi connectivity index (χ1v) is 13.8. The number of nitrogens with one attached hydrogen (secondary N) is 5. The Kier molecular flexibility index (Phi) is 15.8. The molecule has 5 atom stereocenters. The van der Waals surface area contributed by atoms with Crippen molar-refractivity contribution in [1.29, 1.82) is 0 Å². The van der Waals surface area contributed by atoms with Crippen LogP contribution in [0.25, 0.3) is 0 Å². The molecular weight excluding hydrogens is 582 g/mol. The summed E-state index contributed by atoms with van der Waals surface area (Å²) in [6, 6.07) is -0.434. The summed E-state index contributed by atoms with van der Waals surface area (Å²) in [6.45, 7) is 2.27. The average Bonchev–Trinajstić information content (AvgIpc) is 2.95. The maximum absolute atomic E-state index is 12.9. The van der Waals surface area contributed by atoms with Gasteiger partial charge in [-0.05, 0) is 63.8 Å². The molecule has 17 nitrogen and oxygen atoms in total. The van der Waals surface area contributed by atoms with Gasteiger partial charge in [0.15, 0.2) is 0 Å². The lowest BCUT2D eigenvalue weighted by Crippen LogP contribution is -2.58. The van der Waals surface area contributed by atoms with Crippen molar-refractivity contribution < 1.29 is 48.9 Å². The molecule has 1 rings (SSSR count). The van der Waals surface area contributed by atoms with Crippen LogP contribution in [0.15, 0.2) is 24.3 Å². The number of carboxylic acids is 2. The summed E-state index contributed by atoms with van der Waals surface area (Å²) in [7, 11) is 0. The third kappa shape index (κ3) is 13.9. The molecule has 0 aliphatic heterocycles. The molecule has 0 bridgehead atoms. The van der Waals surface area contributed by atoms with Gasteiger partial charge in [-0.1, -0.05) is 12.1 Å². The molecule has 5 amide bonds. The first-order chi connectivity index (χ1) is 20.6. The molecule has 0 aliphatic rings. The van der Waals surface area contributed by atoms with E-state index in [1.165, 1.54) is 26.0 Å². The van der Waals surface area contributed by atoms with Crippen molar-refractivity contribution >= 4 is 41.5 Å². The maximum Gasteiger partial charge on any atom is 0.322 e. The van der Waals surface area contributed by atoms with E-state index in [0.29, 0.717) is 24.9 Å². The van der Waals surface area contributed by atoms with Crippen LogP contribution in [-0.4, -0.2) is 100 Å². The van der Waals surface area contributed by atoms with E-state index in [2.05, 4.69) is 26.6 Å². The topological polar surface area (TPSA) is 292 Å². The number of amides is 5. The summed E-state index contributed by atoms with van der Waals surface area (Å²) in [4.78, 5) is 85.4. The predicted molar refractivity (Wildman–Crippen MR) is 155 cm³/mol. The van der Waals surface area contributed by atoms with E-state index < -0.39 is 84.6 Å². The Labute approximate surface area is 253 Å². The van der Waals surface area contributed by atoms with Gasteiger partial charge in [-0.3, -0.25) is 33.6 Å². The SMILES string of the molecule is C[C@H](NC(=O)[C@H](CCCCN)NC(=O)[C@H](C)NC(=O)[C@H](CC(=O)O)NC(=O)[C@@H](N)Cc1ccc(O)cc1)C(=O)NCC(=O)O. The number of phenols is 1. The second-order valence-electron chi connectivity index (χ2n) is 10.1. The Morgan fingerprint density at radius 1 is 0.727 bits per heavy atom. The van der Waals surface area contributed by atoms with Crippen molar-refractivity contribution in [2.45, 2.75) is 76.2 Å². The van der Waals surface area contributed by atoms with Gasteiger partial charge in [0.2, 0.25) is 29.5 Å². The number of hydrogen-bond donors (Lipinski definition) is 10. The van der Waals surface area contributed by atoms with Gasteiger partial charge in [-0.2, -0.15) is 0 Å². The molecule has 0 saturated carbocycles. The van der Waals surface area contributed by atoms with Crippen LogP contribution >= 0.6 is 0 Å². The first-order valence-electron chi connectivity index (χ1n) is 13.8. The van der Waals surface area contributed by atoms with Crippen molar-refractivity contribution in [3.05, 3.63) is 29.8 Å². The Bertz CT molecular complexity index is 1180. The third-order valence-corrected chi connectivity index (χ3v) is 6.24. The summed E-state index contributed by atoms with van der Waals surface area (Å²) in [6.07, 6.45) is 0.275. The normalized spacial score (nSPS) is 14.1. The third-order valence-electron chi connectivity index (χ3n) is 6.24. The highest BCUT2D eigenvalue weighted by Gasteiger charge is 2.30. The molecule has 0 spiro atoms. The van der Waals surface area contributed by atoms with Gasteiger partial charge in [-0.25, -0.2) is 0 Å². The molecule has 0 aromatic heterocycles. The molecular formula is C27H41N7O10. The van der Waals surface area contributed by atoms with Crippen molar-refractivity contribution in [1.82, 2.24) is 26.6 Å². The van der Waals surface area contributed by atoms with Gasteiger partial charge < -0.3 is 53.4 Å². The zero-order chi connectivity index (χ0) is 33.4. The van der Waals surface area contributed by atoms with E-state index in [1.54, 1.807) is 12.1 Å². The minimum Gasteiger partial charge on any atom is -0.508 e. The summed E-state index contributed by atoms with van der Waals surface area (Å²) in [5, 5.41) is 38.9. The van der Waals surface area contributed by atoms with Crippen LogP contribution in [0.2, 0.25) is 0 Å². The average molecular weight is 624 g/mol. The van der Waals surface area contributed by atoms with Crippen LogP contribution in [0.3, 0.4) is 0 Å². The Morgan fingerprint density at radius 3 is 1.82 bits per heavy atom. The van der Waals surface area contributed by atoms with Gasteiger partial charge in [0.1, 0.15) is 36.5 Å². The fraction of sp³-hybridized carbons (Fsp3) is 0.519. The fourth-order valence-electron chi connectivity index (χ4n) is 3.77. The number of carbonyl (C=O) groups excluding carboxylic acids is 5. The lowest BCUT2D eigenvalue weighted by atomic mass is 10.0. The molecule has 0 saturated heterocycles. The van der Waals surface area contributed by atoms with Crippen LogP contribution in [0.4, 0.5) is 0 Å². The van der Waals surface area contributed by atoms with Crippen LogP contribution in [0.1, 0.15) is 45.1 Å². The Morgan fingerprint density at radius 2 is 1.27 bits per heavy atom. The smallest absolute Gasteiger partial charge is 0.322 e. The number of benzene rings is 1. The van der Waals surface area contributed by atoms with E-state index in [9.17, 15) is 43.8 Å². The zero-order valence-electron chi connectivity index (χ0n) is 24.5. The zero-order valence-corrected chi connectivity index (χ0v) is 24.5. The van der Waals surface area contributed by atoms with Crippen molar-refractivity contribution in [3.63, 3.8) is 0 Å². The fourth-order valence-corrected chi connectivity index (χ4v) is 3.77. The minimum absolute atomic E-state index is 0.0144. The number of nitrogens with two attached hydrogens (primary N) is 2. The van der Waals surface area contributed by atoms with Crippen LogP contribution in [-0.2, 0) is 40.0 Å². The first kappa shape index (κ1) is 37.3. The van der Waals surface area contributed by atoms with E-state index in [1.807, 2.05) is 0 Å². The Hall–Kier alpha value is -4.77. The van der Waals surface area contributed by atoms with Crippen LogP contribution in [0, 0.1) is 0 Å². The number of hydrogen-bond acceptors (Lipinski definition) is 10. The van der Waals surface area contributed by atoms with Crippen molar-refractivity contribution in [2.24, 2.45) is 11.5 Å². The second kappa shape index (κ2) is 18.7. The van der Waals surface area contributed by atoms with E-state index in [0.717, 1.165) is 0 Å². The highest BCUT2D eigenvalue weighted by Crippen LogP contribution is 2.11. The summed E-state index contributed by atoms with van der Waals surface area (Å²) in [5.74, 6) is -6.81. The molecule has 0 radical (unpaired) electrons. The van der Waals surface area contributed by atoms with E-state index in [4.69, 9.17) is 16.6 Å². The summed E-state index contributed by atoms with van der Waals surface area (Å²) in [5.41, 5.74) is 12.0. The molecule has 0 aliphatic carbocycles. The highest BCUT2D eigenvalue weighted by molar-refractivity contribution is 5.96. The second-order valence-corrected chi connectivity index (χ2v) is 10.1. The molecule has 0 fully saturated rings. The lowest BCUT2D eigenvalue weighted by molar-refractivity contribution is -0.141. The van der Waals surface area contributed by atoms with Gasteiger partial charge in [0.05, 0.1) is 12.5 Å². The van der Waals surface area contributed by atoms with Gasteiger partial charge >= 0.3 is 11.9 Å². The predicted octanol–water partition coefficient (Wildman–Crippen LogP) is -2.95. The van der Waals surface area contributed by atoms with Crippen LogP contribution in [0.5, 0.6) is 5.75 Å². The number of carbonyl (C=O) groups is 7. The standard InChI is InChI=1S/C27H41N7O10/c1-14(23(40)30-13-22(38)39)31-26(43)19(5-3-4-10-28)33-24(41)15(2)32-27(44)20(12-21(36)37)34-25(42)18(29)11-16-6-8-17(35)9-7-16/h6-9,14-15,18-20,35H,3-5,10-13,28-29H2,1-2H3,(H,30,40)(H,31,43)(H,32,44)(H,33,41)(H,34,42)(H,36,37)(H,38,39)/t14-,15-,18-,19-,20-/m0/s1. The van der Waals surface area contributed by atoms with Gasteiger partial charge in [-0.15, -0.1) is 0 Å². The molecule has 17 heteroatoms. The lowest BCUT2D eigenvalue weighted by Gasteiger charge is -2.24. The summed E-state index contributed by atoms with van der Waals surface area (Å²) < 4.78 is 0. The van der Waals surface area contributed by atoms with Gasteiger partial charge in [0, 0.05) is 0 Å². The van der Waals surface area contributed by atoms with Crippen molar-refractivity contribution in [3.8, 4) is 5.75 Å². The number of phenolic OH excluding ortho intramolecular Hbond substituents is 1. The number of rotatable bonds is 19.